The molecule has 5 heteroatoms. The van der Waals surface area contributed by atoms with E-state index in [-0.39, 0.29) is 5.91 Å². The summed E-state index contributed by atoms with van der Waals surface area (Å²) in [5, 5.41) is 6.26. The van der Waals surface area contributed by atoms with E-state index in [1.54, 1.807) is 0 Å². The van der Waals surface area contributed by atoms with E-state index in [9.17, 15) is 9.59 Å². The number of rotatable bonds is 7. The van der Waals surface area contributed by atoms with Gasteiger partial charge in [0.2, 0.25) is 11.8 Å². The topological polar surface area (TPSA) is 61.4 Å². The number of hydrogen-bond acceptors (Lipinski definition) is 3. The number of hydrogen-bond donors (Lipinski definition) is 2. The highest BCUT2D eigenvalue weighted by Crippen LogP contribution is 2.24. The van der Waals surface area contributed by atoms with E-state index in [4.69, 9.17) is 0 Å². The zero-order valence-electron chi connectivity index (χ0n) is 15.1. The minimum absolute atomic E-state index is 0.0693. The predicted molar refractivity (Wildman–Crippen MR) is 99.6 cm³/mol. The van der Waals surface area contributed by atoms with Gasteiger partial charge in [0, 0.05) is 25.2 Å². The molecule has 5 nitrogen and oxygen atoms in total. The number of benzene rings is 1. The van der Waals surface area contributed by atoms with E-state index in [1.165, 1.54) is 5.56 Å². The van der Waals surface area contributed by atoms with Crippen LogP contribution in [0.3, 0.4) is 0 Å². The first-order chi connectivity index (χ1) is 12.2. The fourth-order valence-electron chi connectivity index (χ4n) is 3.77. The van der Waals surface area contributed by atoms with Crippen molar-refractivity contribution in [2.45, 2.75) is 45.4 Å². The first kappa shape index (κ1) is 17.9. The normalized spacial score (nSPS) is 17.5. The molecule has 0 aromatic heterocycles. The Bertz CT molecular complexity index is 621. The molecule has 2 N–H and O–H groups in total. The van der Waals surface area contributed by atoms with E-state index in [0.29, 0.717) is 24.7 Å². The second-order valence-corrected chi connectivity index (χ2v) is 7.20. The van der Waals surface area contributed by atoms with Crippen LogP contribution in [-0.4, -0.2) is 42.9 Å². The second kappa shape index (κ2) is 8.48. The minimum Gasteiger partial charge on any atom is -0.343 e. The van der Waals surface area contributed by atoms with Crippen LogP contribution in [0.1, 0.15) is 43.7 Å². The maximum absolute atomic E-state index is 12.4. The van der Waals surface area contributed by atoms with Crippen molar-refractivity contribution in [3.05, 3.63) is 29.3 Å². The Balaban J connectivity index is 1.39. The third kappa shape index (κ3) is 4.82. The summed E-state index contributed by atoms with van der Waals surface area (Å²) in [5.41, 5.74) is 3.23. The molecule has 2 heterocycles. The van der Waals surface area contributed by atoms with Gasteiger partial charge in [-0.25, -0.2) is 0 Å². The fourth-order valence-corrected chi connectivity index (χ4v) is 3.77. The van der Waals surface area contributed by atoms with Crippen LogP contribution < -0.4 is 10.6 Å². The molecular formula is C20H29N3O2. The second-order valence-electron chi connectivity index (χ2n) is 7.20. The minimum atomic E-state index is 0.0693. The zero-order valence-corrected chi connectivity index (χ0v) is 15.1. The summed E-state index contributed by atoms with van der Waals surface area (Å²) in [6, 6.07) is 6.14. The molecule has 136 valence electrons. The number of amides is 2. The summed E-state index contributed by atoms with van der Waals surface area (Å²) in [6.07, 6.45) is 5.09. The van der Waals surface area contributed by atoms with Gasteiger partial charge in [-0.2, -0.15) is 0 Å². The molecule has 1 aromatic carbocycles. The number of likely N-dealkylation sites (tertiary alicyclic amines) is 1. The van der Waals surface area contributed by atoms with Gasteiger partial charge in [0.1, 0.15) is 0 Å². The van der Waals surface area contributed by atoms with Gasteiger partial charge in [0.05, 0.1) is 6.42 Å². The molecule has 2 aliphatic heterocycles. The Kier molecular flexibility index (Phi) is 6.08. The smallest absolute Gasteiger partial charge is 0.228 e. The van der Waals surface area contributed by atoms with Crippen LogP contribution in [0.5, 0.6) is 0 Å². The van der Waals surface area contributed by atoms with Gasteiger partial charge in [-0.1, -0.05) is 19.1 Å². The summed E-state index contributed by atoms with van der Waals surface area (Å²) < 4.78 is 0. The zero-order chi connectivity index (χ0) is 17.6. The first-order valence-corrected chi connectivity index (χ1v) is 9.56. The lowest BCUT2D eigenvalue weighted by Gasteiger charge is -2.32. The fraction of sp³-hybridized carbons (Fsp3) is 0.600. The molecule has 2 aliphatic rings. The molecule has 0 unspecified atom stereocenters. The molecule has 0 bridgehead atoms. The number of nitrogens with one attached hydrogen (secondary N) is 2. The first-order valence-electron chi connectivity index (χ1n) is 9.56. The van der Waals surface area contributed by atoms with E-state index in [2.05, 4.69) is 29.7 Å². The molecule has 3 rings (SSSR count). The maximum Gasteiger partial charge on any atom is 0.228 e. The summed E-state index contributed by atoms with van der Waals surface area (Å²) in [7, 11) is 0. The van der Waals surface area contributed by atoms with Crippen LogP contribution in [0.25, 0.3) is 0 Å². The van der Waals surface area contributed by atoms with Crippen LogP contribution in [0.2, 0.25) is 0 Å². The summed E-state index contributed by atoms with van der Waals surface area (Å²) in [6.45, 7) is 6.04. The summed E-state index contributed by atoms with van der Waals surface area (Å²) in [4.78, 5) is 25.8. The molecule has 1 saturated heterocycles. The van der Waals surface area contributed by atoms with Crippen molar-refractivity contribution in [3.8, 4) is 0 Å². The maximum atomic E-state index is 12.4. The van der Waals surface area contributed by atoms with Gasteiger partial charge in [-0.3, -0.25) is 9.59 Å². The molecule has 25 heavy (non-hydrogen) atoms. The van der Waals surface area contributed by atoms with Crippen molar-refractivity contribution in [2.75, 3.05) is 31.5 Å². The van der Waals surface area contributed by atoms with E-state index >= 15 is 0 Å². The monoisotopic (exact) mass is 343 g/mol. The Hall–Kier alpha value is -1.88. The van der Waals surface area contributed by atoms with E-state index in [0.717, 1.165) is 63.1 Å². The highest BCUT2D eigenvalue weighted by atomic mass is 16.2. The quantitative estimate of drug-likeness (QED) is 0.799. The third-order valence-electron chi connectivity index (χ3n) is 5.30. The molecule has 0 aliphatic carbocycles. The van der Waals surface area contributed by atoms with E-state index in [1.807, 2.05) is 11.0 Å². The number of carbonyl (C=O) groups is 2. The molecule has 1 aromatic rings. The van der Waals surface area contributed by atoms with Crippen molar-refractivity contribution in [1.82, 2.24) is 10.2 Å². The van der Waals surface area contributed by atoms with Crippen LogP contribution >= 0.6 is 0 Å². The summed E-state index contributed by atoms with van der Waals surface area (Å²) in [5.74, 6) is 1.08. The van der Waals surface area contributed by atoms with Gasteiger partial charge in [0.15, 0.2) is 0 Å². The Morgan fingerprint density at radius 3 is 2.88 bits per heavy atom. The standard InChI is InChI=1S/C20H29N3O2/c1-2-21-14-16-8-10-23(11-9-16)20(25)5-3-4-15-6-7-18-17(12-15)13-19(24)22-18/h6-7,12,16,21H,2-5,8-11,13-14H2,1H3,(H,22,24). The van der Waals surface area contributed by atoms with E-state index < -0.39 is 0 Å². The van der Waals surface area contributed by atoms with Gasteiger partial charge in [-0.05, 0) is 61.9 Å². The summed E-state index contributed by atoms with van der Waals surface area (Å²) >= 11 is 0. The average molecular weight is 343 g/mol. The number of fused-ring (bicyclic) bond motifs is 1. The average Bonchev–Trinajstić information content (AvgIpc) is 2.99. The lowest BCUT2D eigenvalue weighted by Crippen LogP contribution is -2.40. The molecule has 0 saturated carbocycles. The number of carbonyl (C=O) groups excluding carboxylic acids is 2. The van der Waals surface area contributed by atoms with Gasteiger partial charge < -0.3 is 15.5 Å². The van der Waals surface area contributed by atoms with Gasteiger partial charge >= 0.3 is 0 Å². The van der Waals surface area contributed by atoms with Crippen molar-refractivity contribution in [2.24, 2.45) is 5.92 Å². The van der Waals surface area contributed by atoms with Crippen molar-refractivity contribution in [1.29, 1.82) is 0 Å². The molecule has 2 amide bonds. The van der Waals surface area contributed by atoms with Crippen LogP contribution in [-0.2, 0) is 22.4 Å². The van der Waals surface area contributed by atoms with Crippen LogP contribution in [0.4, 0.5) is 5.69 Å². The Labute approximate surface area is 150 Å². The van der Waals surface area contributed by atoms with Crippen molar-refractivity contribution >= 4 is 17.5 Å². The van der Waals surface area contributed by atoms with Crippen LogP contribution in [0.15, 0.2) is 18.2 Å². The molecular weight excluding hydrogens is 314 g/mol. The molecule has 0 spiro atoms. The van der Waals surface area contributed by atoms with Crippen molar-refractivity contribution in [3.63, 3.8) is 0 Å². The third-order valence-corrected chi connectivity index (χ3v) is 5.30. The largest absolute Gasteiger partial charge is 0.343 e. The van der Waals surface area contributed by atoms with Gasteiger partial charge in [-0.15, -0.1) is 0 Å². The lowest BCUT2D eigenvalue weighted by molar-refractivity contribution is -0.132. The van der Waals surface area contributed by atoms with Crippen LogP contribution in [0, 0.1) is 5.92 Å². The Morgan fingerprint density at radius 2 is 2.12 bits per heavy atom. The SMILES string of the molecule is CCNCC1CCN(C(=O)CCCc2ccc3c(c2)CC(=O)N3)CC1. The number of aryl methyl sites for hydroxylation is 1. The number of nitrogens with zero attached hydrogens (tertiary/aromatic N) is 1. The number of anilines is 1. The van der Waals surface area contributed by atoms with Gasteiger partial charge in [0.25, 0.3) is 0 Å². The predicted octanol–water partition coefficient (Wildman–Crippen LogP) is 2.35. The highest BCUT2D eigenvalue weighted by Gasteiger charge is 2.22. The molecule has 0 radical (unpaired) electrons. The molecule has 0 atom stereocenters. The molecule has 1 fully saturated rings. The Morgan fingerprint density at radius 1 is 1.32 bits per heavy atom. The highest BCUT2D eigenvalue weighted by molar-refractivity contribution is 5.99. The van der Waals surface area contributed by atoms with Crippen molar-refractivity contribution < 1.29 is 9.59 Å². The number of piperidine rings is 1. The lowest BCUT2D eigenvalue weighted by atomic mass is 9.96.